The highest BCUT2D eigenvalue weighted by Crippen LogP contribution is 2.28. The second-order valence-corrected chi connectivity index (χ2v) is 6.22. The third-order valence-corrected chi connectivity index (χ3v) is 4.01. The normalized spacial score (nSPS) is 21.5. The molecule has 1 heterocycles. The average Bonchev–Trinajstić information content (AvgIpc) is 3.16. The van der Waals surface area contributed by atoms with Crippen molar-refractivity contribution in [3.63, 3.8) is 0 Å². The van der Waals surface area contributed by atoms with E-state index in [4.69, 9.17) is 14.5 Å². The van der Waals surface area contributed by atoms with Crippen LogP contribution in [-0.2, 0) is 9.47 Å². The molecule has 0 aromatic carbocycles. The number of nitrogens with one attached hydrogen (secondary N) is 1. The summed E-state index contributed by atoms with van der Waals surface area (Å²) in [6.45, 7) is 8.44. The van der Waals surface area contributed by atoms with Crippen LogP contribution >= 0.6 is 24.0 Å². The highest BCUT2D eigenvalue weighted by atomic mass is 127. The first-order valence-corrected chi connectivity index (χ1v) is 8.44. The summed E-state index contributed by atoms with van der Waals surface area (Å²) in [7, 11) is 2.11. The fraction of sp³-hybridized carbons (Fsp3) is 0.938. The van der Waals surface area contributed by atoms with Crippen LogP contribution in [0.1, 0.15) is 32.6 Å². The first-order valence-electron chi connectivity index (χ1n) is 8.44. The van der Waals surface area contributed by atoms with Gasteiger partial charge < -0.3 is 19.7 Å². The summed E-state index contributed by atoms with van der Waals surface area (Å²) in [4.78, 5) is 6.93. The lowest BCUT2D eigenvalue weighted by molar-refractivity contribution is 0.123. The van der Waals surface area contributed by atoms with Gasteiger partial charge in [-0.2, -0.15) is 0 Å². The second kappa shape index (κ2) is 11.5. The molecule has 130 valence electrons. The summed E-state index contributed by atoms with van der Waals surface area (Å²) in [5.41, 5.74) is 0. The molecular weight excluding hydrogens is 393 g/mol. The van der Waals surface area contributed by atoms with E-state index >= 15 is 0 Å². The van der Waals surface area contributed by atoms with E-state index in [2.05, 4.69) is 24.2 Å². The molecule has 0 aromatic heterocycles. The summed E-state index contributed by atoms with van der Waals surface area (Å²) in [5, 5.41) is 3.37. The van der Waals surface area contributed by atoms with E-state index in [9.17, 15) is 0 Å². The van der Waals surface area contributed by atoms with Crippen LogP contribution in [0.3, 0.4) is 0 Å². The van der Waals surface area contributed by atoms with Crippen LogP contribution in [0.15, 0.2) is 4.99 Å². The fourth-order valence-corrected chi connectivity index (χ4v) is 2.56. The number of hydrogen-bond acceptors (Lipinski definition) is 3. The van der Waals surface area contributed by atoms with Gasteiger partial charge in [-0.1, -0.05) is 0 Å². The molecule has 1 aliphatic carbocycles. The van der Waals surface area contributed by atoms with Gasteiger partial charge in [-0.25, -0.2) is 0 Å². The minimum Gasteiger partial charge on any atom is -0.381 e. The van der Waals surface area contributed by atoms with Crippen LogP contribution in [-0.4, -0.2) is 64.0 Å². The van der Waals surface area contributed by atoms with E-state index in [0.29, 0.717) is 5.92 Å². The summed E-state index contributed by atoms with van der Waals surface area (Å²) < 4.78 is 11.1. The van der Waals surface area contributed by atoms with Crippen molar-refractivity contribution in [3.05, 3.63) is 0 Å². The van der Waals surface area contributed by atoms with E-state index in [0.717, 1.165) is 64.4 Å². The fourth-order valence-electron chi connectivity index (χ4n) is 2.56. The zero-order valence-electron chi connectivity index (χ0n) is 14.1. The predicted molar refractivity (Wildman–Crippen MR) is 101 cm³/mol. The van der Waals surface area contributed by atoms with Crippen molar-refractivity contribution in [3.8, 4) is 0 Å². The summed E-state index contributed by atoms with van der Waals surface area (Å²) in [5.74, 6) is 2.50. The number of hydrogen-bond donors (Lipinski definition) is 1. The number of guanidine groups is 1. The summed E-state index contributed by atoms with van der Waals surface area (Å²) in [6, 6.07) is 0. The van der Waals surface area contributed by atoms with Gasteiger partial charge in [0.25, 0.3) is 0 Å². The Morgan fingerprint density at radius 3 is 2.77 bits per heavy atom. The minimum atomic E-state index is 0. The molecule has 1 saturated heterocycles. The van der Waals surface area contributed by atoms with Crippen LogP contribution < -0.4 is 5.32 Å². The zero-order valence-corrected chi connectivity index (χ0v) is 16.4. The Kier molecular flexibility index (Phi) is 10.4. The van der Waals surface area contributed by atoms with Crippen molar-refractivity contribution in [2.45, 2.75) is 32.6 Å². The topological polar surface area (TPSA) is 46.1 Å². The minimum absolute atomic E-state index is 0. The largest absolute Gasteiger partial charge is 0.381 e. The quantitative estimate of drug-likeness (QED) is 0.267. The van der Waals surface area contributed by atoms with Crippen molar-refractivity contribution in [1.82, 2.24) is 10.2 Å². The highest BCUT2D eigenvalue weighted by Gasteiger charge is 2.21. The van der Waals surface area contributed by atoms with Crippen LogP contribution in [0, 0.1) is 11.8 Å². The van der Waals surface area contributed by atoms with Crippen molar-refractivity contribution in [2.75, 3.05) is 53.1 Å². The monoisotopic (exact) mass is 425 g/mol. The Bertz CT molecular complexity index is 319. The van der Waals surface area contributed by atoms with Crippen molar-refractivity contribution in [1.29, 1.82) is 0 Å². The maximum absolute atomic E-state index is 5.65. The zero-order chi connectivity index (χ0) is 14.9. The van der Waals surface area contributed by atoms with E-state index in [-0.39, 0.29) is 24.0 Å². The van der Waals surface area contributed by atoms with Gasteiger partial charge in [-0.05, 0) is 38.5 Å². The average molecular weight is 425 g/mol. The van der Waals surface area contributed by atoms with Gasteiger partial charge in [0.05, 0.1) is 6.61 Å². The number of ether oxygens (including phenoxy) is 2. The van der Waals surface area contributed by atoms with Crippen molar-refractivity contribution >= 4 is 29.9 Å². The molecule has 0 spiro atoms. The maximum atomic E-state index is 5.65. The molecule has 1 unspecified atom stereocenters. The van der Waals surface area contributed by atoms with Gasteiger partial charge in [0, 0.05) is 52.4 Å². The van der Waals surface area contributed by atoms with E-state index < -0.39 is 0 Å². The lowest BCUT2D eigenvalue weighted by Crippen LogP contribution is -2.41. The van der Waals surface area contributed by atoms with Gasteiger partial charge in [0.1, 0.15) is 0 Å². The Morgan fingerprint density at radius 1 is 1.32 bits per heavy atom. The van der Waals surface area contributed by atoms with Crippen LogP contribution in [0.4, 0.5) is 0 Å². The summed E-state index contributed by atoms with van der Waals surface area (Å²) >= 11 is 0. The van der Waals surface area contributed by atoms with Crippen LogP contribution in [0.5, 0.6) is 0 Å². The third kappa shape index (κ3) is 7.97. The molecule has 6 heteroatoms. The van der Waals surface area contributed by atoms with E-state index in [1.54, 1.807) is 0 Å². The van der Waals surface area contributed by atoms with Gasteiger partial charge in [0.15, 0.2) is 5.96 Å². The molecule has 1 saturated carbocycles. The number of rotatable bonds is 9. The van der Waals surface area contributed by atoms with Crippen molar-refractivity contribution in [2.24, 2.45) is 16.8 Å². The maximum Gasteiger partial charge on any atom is 0.193 e. The number of aliphatic imine (C=N–C) groups is 1. The molecule has 0 amide bonds. The highest BCUT2D eigenvalue weighted by molar-refractivity contribution is 14.0. The first-order chi connectivity index (χ1) is 10.3. The van der Waals surface area contributed by atoms with E-state index in [1.165, 1.54) is 19.3 Å². The van der Waals surface area contributed by atoms with Crippen LogP contribution in [0.2, 0.25) is 0 Å². The summed E-state index contributed by atoms with van der Waals surface area (Å²) in [6.07, 6.45) is 4.89. The third-order valence-electron chi connectivity index (χ3n) is 4.01. The molecule has 0 radical (unpaired) electrons. The molecule has 0 bridgehead atoms. The second-order valence-electron chi connectivity index (χ2n) is 6.22. The SMILES string of the molecule is CCNC(=NCCCOCC1CC1)N(C)CC1CCOC1.I. The Hall–Kier alpha value is -0.0800. The van der Waals surface area contributed by atoms with E-state index in [1.807, 2.05) is 0 Å². The van der Waals surface area contributed by atoms with Gasteiger partial charge >= 0.3 is 0 Å². The Balaban J connectivity index is 0.00000242. The molecule has 2 aliphatic rings. The molecule has 1 atom stereocenters. The lowest BCUT2D eigenvalue weighted by Gasteiger charge is -2.24. The molecule has 2 rings (SSSR count). The van der Waals surface area contributed by atoms with Gasteiger partial charge in [-0.3, -0.25) is 4.99 Å². The lowest BCUT2D eigenvalue weighted by atomic mass is 10.1. The van der Waals surface area contributed by atoms with Crippen LogP contribution in [0.25, 0.3) is 0 Å². The number of nitrogens with zero attached hydrogens (tertiary/aromatic N) is 2. The number of halogens is 1. The van der Waals surface area contributed by atoms with Gasteiger partial charge in [0.2, 0.25) is 0 Å². The molecule has 1 N–H and O–H groups in total. The standard InChI is InChI=1S/C16H31N3O2.HI/c1-3-17-16(19(2)11-15-7-10-21-13-15)18-8-4-9-20-12-14-5-6-14;/h14-15H,3-13H2,1-2H3,(H,17,18);1H. The molecule has 0 aromatic rings. The molecule has 22 heavy (non-hydrogen) atoms. The van der Waals surface area contributed by atoms with Crippen molar-refractivity contribution < 1.29 is 9.47 Å². The molecular formula is C16H32IN3O2. The smallest absolute Gasteiger partial charge is 0.193 e. The molecule has 5 nitrogen and oxygen atoms in total. The van der Waals surface area contributed by atoms with Gasteiger partial charge in [-0.15, -0.1) is 24.0 Å². The molecule has 1 aliphatic heterocycles. The Morgan fingerprint density at radius 2 is 2.14 bits per heavy atom. The Labute approximate surface area is 152 Å². The predicted octanol–water partition coefficient (Wildman–Crippen LogP) is 2.35. The molecule has 2 fully saturated rings. The first kappa shape index (κ1) is 20.0.